The molecule has 4 aliphatic rings. The van der Waals surface area contributed by atoms with Crippen molar-refractivity contribution >= 4 is 39.0 Å². The molecule has 0 spiro atoms. The highest BCUT2D eigenvalue weighted by Gasteiger charge is 2.47. The summed E-state index contributed by atoms with van der Waals surface area (Å²) in [6.07, 6.45) is 0. The number of aromatic nitrogens is 1. The standard InChI is InChI=1S/C48H30N4O/c1-48(2)36-24-28(27-12-4-3-5-13-27)20-22-38(36)52(39-23-21-34-29-14-10-11-19-40(29)53-47(34)44(39)48)46-35(25-49)43-41-30-15-6-8-17-32(30)42(45(43)51-37(46)26-50)33-18-9-7-16-31(33)41/h3-24,41-42H,1-2H3. The largest absolute Gasteiger partial charge is 0.456 e. The van der Waals surface area contributed by atoms with Gasteiger partial charge in [0.1, 0.15) is 29.0 Å². The van der Waals surface area contributed by atoms with Crippen molar-refractivity contribution in [3.05, 3.63) is 189 Å². The van der Waals surface area contributed by atoms with Crippen molar-refractivity contribution in [2.45, 2.75) is 31.1 Å². The molecule has 0 unspecified atom stereocenters. The zero-order valence-corrected chi connectivity index (χ0v) is 29.1. The summed E-state index contributed by atoms with van der Waals surface area (Å²) >= 11 is 0. The molecule has 0 amide bonds. The van der Waals surface area contributed by atoms with Crippen LogP contribution in [0.5, 0.6) is 0 Å². The van der Waals surface area contributed by atoms with Crippen LogP contribution in [0.3, 0.4) is 0 Å². The van der Waals surface area contributed by atoms with Gasteiger partial charge in [-0.1, -0.05) is 117 Å². The molecule has 3 aliphatic carbocycles. The molecule has 5 nitrogen and oxygen atoms in total. The van der Waals surface area contributed by atoms with Crippen molar-refractivity contribution in [2.75, 3.05) is 4.90 Å². The number of para-hydroxylation sites is 1. The first-order valence-corrected chi connectivity index (χ1v) is 18.0. The summed E-state index contributed by atoms with van der Waals surface area (Å²) in [6, 6.07) is 51.5. The lowest BCUT2D eigenvalue weighted by atomic mass is 9.61. The van der Waals surface area contributed by atoms with Crippen molar-refractivity contribution in [2.24, 2.45) is 0 Å². The average Bonchev–Trinajstić information content (AvgIpc) is 3.59. The quantitative estimate of drug-likeness (QED) is 0.182. The van der Waals surface area contributed by atoms with Gasteiger partial charge in [0.15, 0.2) is 5.69 Å². The number of pyridine rings is 1. The summed E-state index contributed by atoms with van der Waals surface area (Å²) in [5.74, 6) is -0.353. The molecule has 6 aromatic carbocycles. The number of anilines is 3. The minimum absolute atomic E-state index is 0.167. The van der Waals surface area contributed by atoms with Crippen LogP contribution in [0.1, 0.15) is 81.6 Å². The fourth-order valence-electron chi connectivity index (χ4n) is 9.66. The van der Waals surface area contributed by atoms with E-state index in [4.69, 9.17) is 9.40 Å². The van der Waals surface area contributed by atoms with E-state index in [0.717, 1.165) is 66.8 Å². The molecule has 0 saturated carbocycles. The van der Waals surface area contributed by atoms with E-state index in [2.05, 4.69) is 140 Å². The van der Waals surface area contributed by atoms with Gasteiger partial charge in [-0.2, -0.15) is 10.5 Å². The monoisotopic (exact) mass is 678 g/mol. The first-order valence-electron chi connectivity index (χ1n) is 18.0. The van der Waals surface area contributed by atoms with Crippen LogP contribution in [0.2, 0.25) is 0 Å². The summed E-state index contributed by atoms with van der Waals surface area (Å²) < 4.78 is 6.75. The fraction of sp³-hybridized carbons (Fsp3) is 0.104. The van der Waals surface area contributed by atoms with Gasteiger partial charge in [0.05, 0.1) is 28.6 Å². The second kappa shape index (κ2) is 10.5. The number of fused-ring (bicyclic) bond motifs is 6. The van der Waals surface area contributed by atoms with Gasteiger partial charge in [-0.15, -0.1) is 0 Å². The second-order valence-corrected chi connectivity index (χ2v) is 14.8. The predicted octanol–water partition coefficient (Wildman–Crippen LogP) is 11.5. The van der Waals surface area contributed by atoms with E-state index in [0.29, 0.717) is 11.3 Å². The van der Waals surface area contributed by atoms with Gasteiger partial charge in [-0.3, -0.25) is 0 Å². The molecule has 0 saturated heterocycles. The Labute approximate surface area is 306 Å². The van der Waals surface area contributed by atoms with E-state index < -0.39 is 5.41 Å². The Morgan fingerprint density at radius 3 is 1.98 bits per heavy atom. The second-order valence-electron chi connectivity index (χ2n) is 14.8. The fourth-order valence-corrected chi connectivity index (χ4v) is 9.66. The lowest BCUT2D eigenvalue weighted by Crippen LogP contribution is -2.34. The smallest absolute Gasteiger partial charge is 0.166 e. The van der Waals surface area contributed by atoms with Gasteiger partial charge in [-0.25, -0.2) is 4.98 Å². The molecule has 53 heavy (non-hydrogen) atoms. The van der Waals surface area contributed by atoms with Crippen LogP contribution in [0, 0.1) is 22.7 Å². The molecule has 2 bridgehead atoms. The summed E-state index contributed by atoms with van der Waals surface area (Å²) in [5, 5.41) is 24.5. The van der Waals surface area contributed by atoms with E-state index in [1.165, 1.54) is 22.3 Å². The Balaban J connectivity index is 1.25. The predicted molar refractivity (Wildman–Crippen MR) is 208 cm³/mol. The normalized spacial score (nSPS) is 16.9. The lowest BCUT2D eigenvalue weighted by Gasteiger charge is -2.45. The number of nitriles is 2. The Hall–Kier alpha value is -6.95. The van der Waals surface area contributed by atoms with E-state index in [-0.39, 0.29) is 17.5 Å². The molecule has 0 N–H and O–H groups in total. The summed E-state index contributed by atoms with van der Waals surface area (Å²) in [7, 11) is 0. The number of nitrogens with zero attached hydrogens (tertiary/aromatic N) is 4. The molecule has 2 aromatic heterocycles. The first-order chi connectivity index (χ1) is 26.0. The van der Waals surface area contributed by atoms with E-state index in [9.17, 15) is 10.5 Å². The van der Waals surface area contributed by atoms with Crippen molar-refractivity contribution in [1.29, 1.82) is 10.5 Å². The zero-order chi connectivity index (χ0) is 35.6. The van der Waals surface area contributed by atoms with Gasteiger partial charge in [0.25, 0.3) is 0 Å². The minimum Gasteiger partial charge on any atom is -0.456 e. The van der Waals surface area contributed by atoms with Crippen LogP contribution in [0.25, 0.3) is 33.1 Å². The third kappa shape index (κ3) is 3.81. The maximum atomic E-state index is 11.4. The molecule has 8 aromatic rings. The Morgan fingerprint density at radius 1 is 0.642 bits per heavy atom. The van der Waals surface area contributed by atoms with Gasteiger partial charge in [-0.05, 0) is 69.3 Å². The summed E-state index contributed by atoms with van der Waals surface area (Å²) in [6.45, 7) is 4.50. The zero-order valence-electron chi connectivity index (χ0n) is 29.1. The van der Waals surface area contributed by atoms with Crippen molar-refractivity contribution < 1.29 is 4.42 Å². The maximum absolute atomic E-state index is 11.4. The highest BCUT2D eigenvalue weighted by atomic mass is 16.3. The Bertz CT molecular complexity index is 2930. The lowest BCUT2D eigenvalue weighted by molar-refractivity contribution is 0.602. The summed E-state index contributed by atoms with van der Waals surface area (Å²) in [5.41, 5.74) is 14.9. The molecule has 3 heterocycles. The molecule has 0 atom stereocenters. The molecule has 248 valence electrons. The van der Waals surface area contributed by atoms with Crippen molar-refractivity contribution in [3.8, 4) is 23.3 Å². The Morgan fingerprint density at radius 2 is 1.28 bits per heavy atom. The Kier molecular flexibility index (Phi) is 5.92. The highest BCUT2D eigenvalue weighted by Crippen LogP contribution is 2.60. The molecule has 0 radical (unpaired) electrons. The van der Waals surface area contributed by atoms with Gasteiger partial charge >= 0.3 is 0 Å². The van der Waals surface area contributed by atoms with Crippen LogP contribution in [0.4, 0.5) is 17.1 Å². The third-order valence-corrected chi connectivity index (χ3v) is 11.9. The number of benzene rings is 6. The van der Waals surface area contributed by atoms with Crippen LogP contribution < -0.4 is 4.90 Å². The number of hydrogen-bond donors (Lipinski definition) is 0. The molecule has 0 fully saturated rings. The third-order valence-electron chi connectivity index (χ3n) is 11.9. The van der Waals surface area contributed by atoms with Crippen molar-refractivity contribution in [1.82, 2.24) is 4.98 Å². The molecule has 12 rings (SSSR count). The topological polar surface area (TPSA) is 76.8 Å². The van der Waals surface area contributed by atoms with Crippen LogP contribution >= 0.6 is 0 Å². The molecular formula is C48H30N4O. The maximum Gasteiger partial charge on any atom is 0.166 e. The number of furan rings is 1. The molecule has 5 heteroatoms. The van der Waals surface area contributed by atoms with Gasteiger partial charge in [0, 0.05) is 33.2 Å². The van der Waals surface area contributed by atoms with Crippen LogP contribution in [-0.2, 0) is 5.41 Å². The van der Waals surface area contributed by atoms with E-state index in [1.807, 2.05) is 24.3 Å². The van der Waals surface area contributed by atoms with E-state index in [1.54, 1.807) is 0 Å². The SMILES string of the molecule is CC1(C)c2cc(-c3ccccc3)ccc2N(c2c(C#N)nc3c(c2C#N)C2c4ccccc4C3c3ccccc32)c2ccc3c(oc4ccccc43)c21. The molecule has 1 aliphatic heterocycles. The van der Waals surface area contributed by atoms with Gasteiger partial charge < -0.3 is 9.32 Å². The van der Waals surface area contributed by atoms with Crippen LogP contribution in [-0.4, -0.2) is 4.98 Å². The number of rotatable bonds is 2. The average molecular weight is 679 g/mol. The molecular weight excluding hydrogens is 649 g/mol. The van der Waals surface area contributed by atoms with Crippen molar-refractivity contribution in [3.63, 3.8) is 0 Å². The van der Waals surface area contributed by atoms with Gasteiger partial charge in [0.2, 0.25) is 0 Å². The first kappa shape index (κ1) is 29.7. The van der Waals surface area contributed by atoms with E-state index >= 15 is 0 Å². The minimum atomic E-state index is -0.516. The highest BCUT2D eigenvalue weighted by molar-refractivity contribution is 6.09. The number of hydrogen-bond acceptors (Lipinski definition) is 5. The van der Waals surface area contributed by atoms with Crippen LogP contribution in [0.15, 0.2) is 138 Å². The summed E-state index contributed by atoms with van der Waals surface area (Å²) in [4.78, 5) is 7.39.